The minimum absolute atomic E-state index is 0.0279. The zero-order valence-electron chi connectivity index (χ0n) is 10.2. The topological polar surface area (TPSA) is 48.1 Å². The number of hydrogen-bond donors (Lipinski definition) is 0. The molecular weight excluding hydrogens is 232 g/mol. The molecule has 0 amide bonds. The summed E-state index contributed by atoms with van der Waals surface area (Å²) in [6.45, 7) is 1.11. The van der Waals surface area contributed by atoms with E-state index in [4.69, 9.17) is 9.47 Å². The summed E-state index contributed by atoms with van der Waals surface area (Å²) < 4.78 is 15.4. The van der Waals surface area contributed by atoms with Crippen molar-refractivity contribution in [1.29, 1.82) is 0 Å². The van der Waals surface area contributed by atoms with Crippen molar-refractivity contribution in [3.8, 4) is 0 Å². The van der Waals surface area contributed by atoms with Crippen LogP contribution >= 0.6 is 0 Å². The van der Waals surface area contributed by atoms with Crippen molar-refractivity contribution in [2.75, 3.05) is 13.7 Å². The van der Waals surface area contributed by atoms with Gasteiger partial charge in [0, 0.05) is 6.08 Å². The predicted molar refractivity (Wildman–Crippen MR) is 65.9 cm³/mol. The molecule has 1 aromatic carbocycles. The molecule has 0 N–H and O–H groups in total. The maximum atomic E-state index is 10.9. The molecule has 4 heteroatoms. The average molecular weight is 248 g/mol. The van der Waals surface area contributed by atoms with Crippen molar-refractivity contribution in [3.63, 3.8) is 0 Å². The zero-order valence-corrected chi connectivity index (χ0v) is 10.2. The highest BCUT2D eigenvalue weighted by atomic mass is 16.6. The van der Waals surface area contributed by atoms with Gasteiger partial charge >= 0.3 is 5.97 Å². The van der Waals surface area contributed by atoms with Gasteiger partial charge in [-0.05, 0) is 11.6 Å². The second-order valence-corrected chi connectivity index (χ2v) is 4.02. The molecule has 0 bridgehead atoms. The number of epoxide rings is 1. The van der Waals surface area contributed by atoms with Gasteiger partial charge in [-0.2, -0.15) is 0 Å². The third-order valence-corrected chi connectivity index (χ3v) is 2.64. The van der Waals surface area contributed by atoms with Crippen LogP contribution in [0.15, 0.2) is 42.5 Å². The Labute approximate surface area is 106 Å². The smallest absolute Gasteiger partial charge is 0.330 e. The van der Waals surface area contributed by atoms with Crippen molar-refractivity contribution >= 4 is 5.97 Å². The lowest BCUT2D eigenvalue weighted by molar-refractivity contribution is -0.134. The highest BCUT2D eigenvalue weighted by molar-refractivity contribution is 5.81. The van der Waals surface area contributed by atoms with Crippen molar-refractivity contribution in [1.82, 2.24) is 0 Å². The van der Waals surface area contributed by atoms with Crippen LogP contribution in [0.1, 0.15) is 5.56 Å². The molecule has 0 radical (unpaired) electrons. The van der Waals surface area contributed by atoms with Crippen LogP contribution < -0.4 is 0 Å². The van der Waals surface area contributed by atoms with Gasteiger partial charge in [0.25, 0.3) is 0 Å². The first-order valence-corrected chi connectivity index (χ1v) is 5.83. The van der Waals surface area contributed by atoms with Crippen molar-refractivity contribution in [2.24, 2.45) is 0 Å². The Kier molecular flexibility index (Phi) is 4.50. The molecule has 1 aromatic rings. The molecule has 1 aliphatic rings. The minimum Gasteiger partial charge on any atom is -0.466 e. The molecule has 96 valence electrons. The number of benzene rings is 1. The Hall–Kier alpha value is -1.65. The first-order valence-electron chi connectivity index (χ1n) is 5.83. The summed E-state index contributed by atoms with van der Waals surface area (Å²) in [5.74, 6) is -0.366. The van der Waals surface area contributed by atoms with Crippen molar-refractivity contribution in [3.05, 3.63) is 48.0 Å². The largest absolute Gasteiger partial charge is 0.466 e. The van der Waals surface area contributed by atoms with E-state index in [1.165, 1.54) is 13.2 Å². The average Bonchev–Trinajstić information content (AvgIpc) is 3.16. The molecule has 18 heavy (non-hydrogen) atoms. The highest BCUT2D eigenvalue weighted by Gasteiger charge is 2.36. The molecule has 1 saturated heterocycles. The quantitative estimate of drug-likeness (QED) is 0.437. The SMILES string of the molecule is COC(=O)/C=C/[C@@H]1O[C@H]1COCc1ccccc1. The second-order valence-electron chi connectivity index (χ2n) is 4.02. The Balaban J connectivity index is 1.62. The molecule has 0 spiro atoms. The van der Waals surface area contributed by atoms with Crippen molar-refractivity contribution in [2.45, 2.75) is 18.8 Å². The molecule has 1 aliphatic heterocycles. The van der Waals surface area contributed by atoms with E-state index in [2.05, 4.69) is 4.74 Å². The number of esters is 1. The Bertz CT molecular complexity index is 413. The third kappa shape index (κ3) is 3.98. The maximum Gasteiger partial charge on any atom is 0.330 e. The van der Waals surface area contributed by atoms with E-state index in [1.54, 1.807) is 6.08 Å². The number of ether oxygens (including phenoxy) is 3. The van der Waals surface area contributed by atoms with Crippen molar-refractivity contribution < 1.29 is 19.0 Å². The summed E-state index contributed by atoms with van der Waals surface area (Å²) in [6, 6.07) is 9.97. The predicted octanol–water partition coefficient (Wildman–Crippen LogP) is 1.70. The highest BCUT2D eigenvalue weighted by Crippen LogP contribution is 2.23. The summed E-state index contributed by atoms with van der Waals surface area (Å²) in [5, 5.41) is 0. The van der Waals surface area contributed by atoms with E-state index < -0.39 is 0 Å². The molecular formula is C14H16O4. The van der Waals surface area contributed by atoms with E-state index in [1.807, 2.05) is 30.3 Å². The molecule has 0 saturated carbocycles. The Morgan fingerprint density at radius 1 is 1.39 bits per heavy atom. The Morgan fingerprint density at radius 2 is 2.17 bits per heavy atom. The van der Waals surface area contributed by atoms with Gasteiger partial charge in [-0.25, -0.2) is 4.79 Å². The maximum absolute atomic E-state index is 10.9. The van der Waals surface area contributed by atoms with Crippen LogP contribution in [0.25, 0.3) is 0 Å². The van der Waals surface area contributed by atoms with Gasteiger partial charge in [0.05, 0.1) is 20.3 Å². The van der Waals surface area contributed by atoms with E-state index in [-0.39, 0.29) is 18.2 Å². The summed E-state index contributed by atoms with van der Waals surface area (Å²) >= 11 is 0. The van der Waals surface area contributed by atoms with E-state index >= 15 is 0 Å². The van der Waals surface area contributed by atoms with Gasteiger partial charge in [0.1, 0.15) is 12.2 Å². The summed E-state index contributed by atoms with van der Waals surface area (Å²) in [4.78, 5) is 10.9. The first kappa shape index (κ1) is 12.8. The molecule has 1 fully saturated rings. The number of hydrogen-bond acceptors (Lipinski definition) is 4. The molecule has 0 unspecified atom stereocenters. The first-order chi connectivity index (χ1) is 8.79. The zero-order chi connectivity index (χ0) is 12.8. The van der Waals surface area contributed by atoms with E-state index in [0.29, 0.717) is 13.2 Å². The van der Waals surface area contributed by atoms with E-state index in [0.717, 1.165) is 5.56 Å². The lowest BCUT2D eigenvalue weighted by Crippen LogP contribution is -2.04. The van der Waals surface area contributed by atoms with Crippen LogP contribution in [0, 0.1) is 0 Å². The number of carbonyl (C=O) groups is 1. The number of methoxy groups -OCH3 is 1. The minimum atomic E-state index is -0.366. The molecule has 2 rings (SSSR count). The molecule has 2 atom stereocenters. The van der Waals surface area contributed by atoms with Gasteiger partial charge < -0.3 is 14.2 Å². The van der Waals surface area contributed by atoms with Gasteiger partial charge in [-0.1, -0.05) is 30.3 Å². The van der Waals surface area contributed by atoms with Crippen LogP contribution in [0.4, 0.5) is 0 Å². The van der Waals surface area contributed by atoms with Gasteiger partial charge in [0.2, 0.25) is 0 Å². The normalized spacial score (nSPS) is 22.1. The van der Waals surface area contributed by atoms with E-state index in [9.17, 15) is 4.79 Å². The molecule has 0 aliphatic carbocycles. The summed E-state index contributed by atoms with van der Waals surface area (Å²) in [6.07, 6.45) is 3.10. The third-order valence-electron chi connectivity index (χ3n) is 2.64. The van der Waals surface area contributed by atoms with Crippen LogP contribution in [-0.4, -0.2) is 31.9 Å². The monoisotopic (exact) mass is 248 g/mol. The molecule has 0 aromatic heterocycles. The van der Waals surface area contributed by atoms with Crippen LogP contribution in [0.2, 0.25) is 0 Å². The molecule has 4 nitrogen and oxygen atoms in total. The molecule has 1 heterocycles. The fourth-order valence-electron chi connectivity index (χ4n) is 1.57. The lowest BCUT2D eigenvalue weighted by Gasteiger charge is -2.01. The number of rotatable bonds is 6. The lowest BCUT2D eigenvalue weighted by atomic mass is 10.2. The van der Waals surface area contributed by atoms with Crippen LogP contribution in [-0.2, 0) is 25.6 Å². The van der Waals surface area contributed by atoms with Gasteiger partial charge in [0.15, 0.2) is 0 Å². The Morgan fingerprint density at radius 3 is 2.89 bits per heavy atom. The van der Waals surface area contributed by atoms with Gasteiger partial charge in [-0.15, -0.1) is 0 Å². The van der Waals surface area contributed by atoms with Gasteiger partial charge in [-0.3, -0.25) is 0 Å². The fraction of sp³-hybridized carbons (Fsp3) is 0.357. The van der Waals surface area contributed by atoms with Crippen LogP contribution in [0.3, 0.4) is 0 Å². The summed E-state index contributed by atoms with van der Waals surface area (Å²) in [7, 11) is 1.35. The summed E-state index contributed by atoms with van der Waals surface area (Å²) in [5.41, 5.74) is 1.14. The van der Waals surface area contributed by atoms with Crippen LogP contribution in [0.5, 0.6) is 0 Å². The number of carbonyl (C=O) groups excluding carboxylic acids is 1. The second kappa shape index (κ2) is 6.33. The standard InChI is InChI=1S/C14H16O4/c1-16-14(15)8-7-12-13(18-12)10-17-9-11-5-3-2-4-6-11/h2-8,12-13H,9-10H2,1H3/b8-7+/t12-,13-/m0/s1. The fourth-order valence-corrected chi connectivity index (χ4v) is 1.57.